The minimum absolute atomic E-state index is 0.0180. The van der Waals surface area contributed by atoms with Crippen LogP contribution in [0.4, 0.5) is 0 Å². The largest absolute Gasteiger partial charge is 0.439 e. The smallest absolute Gasteiger partial charge is 0.219 e. The second-order valence-electron chi connectivity index (χ2n) is 6.02. The number of hydrogen-bond acceptors (Lipinski definition) is 3. The van der Waals surface area contributed by atoms with Gasteiger partial charge in [-0.05, 0) is 30.7 Å². The number of aromatic nitrogens is 1. The summed E-state index contributed by atoms with van der Waals surface area (Å²) in [6, 6.07) is 11.5. The maximum atomic E-state index is 9.37. The fourth-order valence-corrected chi connectivity index (χ4v) is 1.81. The van der Waals surface area contributed by atoms with E-state index >= 15 is 0 Å². The molecule has 0 aliphatic rings. The molecule has 0 amide bonds. The molecule has 3 heteroatoms. The number of nitrogens with zero attached hydrogens (tertiary/aromatic N) is 1. The van der Waals surface area contributed by atoms with Crippen molar-refractivity contribution in [2.45, 2.75) is 39.7 Å². The molecule has 1 heterocycles. The third kappa shape index (κ3) is 3.58. The van der Waals surface area contributed by atoms with Crippen molar-refractivity contribution < 1.29 is 9.84 Å². The van der Waals surface area contributed by atoms with Gasteiger partial charge in [0, 0.05) is 11.5 Å². The zero-order chi connectivity index (χ0) is 14.8. The second kappa shape index (κ2) is 5.63. The Morgan fingerprint density at radius 2 is 1.75 bits per heavy atom. The van der Waals surface area contributed by atoms with Crippen LogP contribution in [0.25, 0.3) is 0 Å². The molecule has 0 unspecified atom stereocenters. The van der Waals surface area contributed by atoms with Gasteiger partial charge in [0.05, 0.1) is 12.3 Å². The Hall–Kier alpha value is -1.87. The van der Waals surface area contributed by atoms with E-state index in [4.69, 9.17) is 4.74 Å². The van der Waals surface area contributed by atoms with Crippen LogP contribution in [0.3, 0.4) is 0 Å². The van der Waals surface area contributed by atoms with Crippen molar-refractivity contribution in [2.24, 2.45) is 0 Å². The van der Waals surface area contributed by atoms with E-state index in [1.807, 2.05) is 37.3 Å². The van der Waals surface area contributed by atoms with Crippen LogP contribution in [-0.4, -0.2) is 10.1 Å². The highest BCUT2D eigenvalue weighted by molar-refractivity contribution is 5.33. The summed E-state index contributed by atoms with van der Waals surface area (Å²) in [5.41, 5.74) is 2.82. The Morgan fingerprint density at radius 1 is 1.10 bits per heavy atom. The zero-order valence-electron chi connectivity index (χ0n) is 12.5. The minimum Gasteiger partial charge on any atom is -0.439 e. The van der Waals surface area contributed by atoms with Gasteiger partial charge in [0.25, 0.3) is 0 Å². The lowest BCUT2D eigenvalue weighted by atomic mass is 9.91. The summed E-state index contributed by atoms with van der Waals surface area (Å²) < 4.78 is 5.79. The SMILES string of the molecule is Cc1ccc(Oc2cc(CO)cc(C(C)(C)C)n2)cc1. The number of ether oxygens (including phenoxy) is 1. The molecule has 20 heavy (non-hydrogen) atoms. The molecule has 0 aliphatic carbocycles. The Bertz CT molecular complexity index is 583. The van der Waals surface area contributed by atoms with Crippen LogP contribution in [0.5, 0.6) is 11.6 Å². The molecular weight excluding hydrogens is 250 g/mol. The normalized spacial score (nSPS) is 11.4. The molecule has 0 bridgehead atoms. The van der Waals surface area contributed by atoms with E-state index in [2.05, 4.69) is 25.8 Å². The first-order valence-electron chi connectivity index (χ1n) is 6.75. The van der Waals surface area contributed by atoms with Crippen LogP contribution in [0.2, 0.25) is 0 Å². The summed E-state index contributed by atoms with van der Waals surface area (Å²) in [5, 5.41) is 9.37. The zero-order valence-corrected chi connectivity index (χ0v) is 12.5. The molecule has 1 aromatic heterocycles. The second-order valence-corrected chi connectivity index (χ2v) is 6.02. The van der Waals surface area contributed by atoms with E-state index in [9.17, 15) is 5.11 Å². The summed E-state index contributed by atoms with van der Waals surface area (Å²) in [5.74, 6) is 1.27. The summed E-state index contributed by atoms with van der Waals surface area (Å²) in [6.07, 6.45) is 0. The quantitative estimate of drug-likeness (QED) is 0.918. The monoisotopic (exact) mass is 271 g/mol. The average molecular weight is 271 g/mol. The van der Waals surface area contributed by atoms with E-state index in [1.165, 1.54) is 5.56 Å². The van der Waals surface area contributed by atoms with E-state index in [0.717, 1.165) is 17.0 Å². The van der Waals surface area contributed by atoms with Gasteiger partial charge in [0.15, 0.2) is 0 Å². The predicted octanol–water partition coefficient (Wildman–Crippen LogP) is 3.97. The molecule has 0 spiro atoms. The first kappa shape index (κ1) is 14.5. The van der Waals surface area contributed by atoms with Crippen molar-refractivity contribution in [2.75, 3.05) is 0 Å². The number of aliphatic hydroxyl groups is 1. The fraction of sp³-hybridized carbons (Fsp3) is 0.353. The third-order valence-corrected chi connectivity index (χ3v) is 3.06. The third-order valence-electron chi connectivity index (χ3n) is 3.06. The van der Waals surface area contributed by atoms with Crippen molar-refractivity contribution >= 4 is 0 Å². The molecule has 1 N–H and O–H groups in total. The van der Waals surface area contributed by atoms with Crippen LogP contribution in [0, 0.1) is 6.92 Å². The van der Waals surface area contributed by atoms with Crippen molar-refractivity contribution in [3.8, 4) is 11.6 Å². The van der Waals surface area contributed by atoms with Crippen LogP contribution in [-0.2, 0) is 12.0 Å². The summed E-state index contributed by atoms with van der Waals surface area (Å²) in [7, 11) is 0. The number of aryl methyl sites for hydroxylation is 1. The van der Waals surface area contributed by atoms with Gasteiger partial charge in [0.1, 0.15) is 5.75 Å². The Labute approximate surface area is 120 Å². The lowest BCUT2D eigenvalue weighted by molar-refractivity contribution is 0.280. The number of pyridine rings is 1. The van der Waals surface area contributed by atoms with Gasteiger partial charge >= 0.3 is 0 Å². The lowest BCUT2D eigenvalue weighted by Gasteiger charge is -2.19. The fourth-order valence-electron chi connectivity index (χ4n) is 1.81. The van der Waals surface area contributed by atoms with Crippen molar-refractivity contribution in [3.63, 3.8) is 0 Å². The van der Waals surface area contributed by atoms with E-state index in [0.29, 0.717) is 5.88 Å². The van der Waals surface area contributed by atoms with Gasteiger partial charge in [-0.3, -0.25) is 0 Å². The molecule has 0 fully saturated rings. The van der Waals surface area contributed by atoms with E-state index < -0.39 is 0 Å². The maximum Gasteiger partial charge on any atom is 0.219 e. The molecule has 3 nitrogen and oxygen atoms in total. The highest BCUT2D eigenvalue weighted by Crippen LogP contribution is 2.27. The molecule has 0 saturated heterocycles. The topological polar surface area (TPSA) is 42.4 Å². The van der Waals surface area contributed by atoms with Gasteiger partial charge in [-0.15, -0.1) is 0 Å². The first-order chi connectivity index (χ1) is 9.38. The average Bonchev–Trinajstić information content (AvgIpc) is 2.40. The van der Waals surface area contributed by atoms with Crippen LogP contribution >= 0.6 is 0 Å². The van der Waals surface area contributed by atoms with E-state index in [1.54, 1.807) is 6.07 Å². The molecule has 106 valence electrons. The van der Waals surface area contributed by atoms with Crippen LogP contribution in [0.15, 0.2) is 36.4 Å². The summed E-state index contributed by atoms with van der Waals surface area (Å²) in [4.78, 5) is 4.54. The molecular formula is C17H21NO2. The van der Waals surface area contributed by atoms with Crippen molar-refractivity contribution in [1.29, 1.82) is 0 Å². The summed E-state index contributed by atoms with van der Waals surface area (Å²) >= 11 is 0. The highest BCUT2D eigenvalue weighted by Gasteiger charge is 2.17. The summed E-state index contributed by atoms with van der Waals surface area (Å²) in [6.45, 7) is 8.28. The molecule has 2 aromatic rings. The standard InChI is InChI=1S/C17H21NO2/c1-12-5-7-14(8-6-12)20-16-10-13(11-19)9-15(18-16)17(2,3)4/h5-10,19H,11H2,1-4H3. The predicted molar refractivity (Wildman–Crippen MR) is 80.1 cm³/mol. The van der Waals surface area contributed by atoms with Crippen LogP contribution < -0.4 is 4.74 Å². The highest BCUT2D eigenvalue weighted by atomic mass is 16.5. The Kier molecular flexibility index (Phi) is 4.09. The number of rotatable bonds is 3. The van der Waals surface area contributed by atoms with Gasteiger partial charge in [-0.1, -0.05) is 38.5 Å². The molecule has 0 aliphatic heterocycles. The number of benzene rings is 1. The molecule has 0 atom stereocenters. The van der Waals surface area contributed by atoms with Gasteiger partial charge in [0.2, 0.25) is 5.88 Å². The Balaban J connectivity index is 2.33. The number of hydrogen-bond donors (Lipinski definition) is 1. The lowest BCUT2D eigenvalue weighted by Crippen LogP contribution is -2.14. The number of aliphatic hydroxyl groups excluding tert-OH is 1. The molecule has 0 radical (unpaired) electrons. The Morgan fingerprint density at radius 3 is 2.30 bits per heavy atom. The molecule has 1 aromatic carbocycles. The maximum absolute atomic E-state index is 9.37. The van der Waals surface area contributed by atoms with Crippen LogP contribution in [0.1, 0.15) is 37.6 Å². The minimum atomic E-state index is -0.0867. The first-order valence-corrected chi connectivity index (χ1v) is 6.75. The van der Waals surface area contributed by atoms with Crippen molar-refractivity contribution in [3.05, 3.63) is 53.2 Å². The molecule has 0 saturated carbocycles. The van der Waals surface area contributed by atoms with Crippen molar-refractivity contribution in [1.82, 2.24) is 4.98 Å². The van der Waals surface area contributed by atoms with E-state index in [-0.39, 0.29) is 12.0 Å². The van der Waals surface area contributed by atoms with Gasteiger partial charge < -0.3 is 9.84 Å². The molecule has 2 rings (SSSR count). The van der Waals surface area contributed by atoms with Gasteiger partial charge in [-0.2, -0.15) is 0 Å². The van der Waals surface area contributed by atoms with Gasteiger partial charge in [-0.25, -0.2) is 4.98 Å².